The molecule has 0 atom stereocenters. The Hall–Kier alpha value is -1.29. The van der Waals surface area contributed by atoms with Crippen LogP contribution in [0.1, 0.15) is 26.3 Å². The molecule has 68 valence electrons. The first kappa shape index (κ1) is 9.80. The minimum Gasteiger partial charge on any atom is -0.265 e. The Bertz CT molecular complexity index is 308. The van der Waals surface area contributed by atoms with Crippen molar-refractivity contribution >= 4 is 0 Å². The Balaban J connectivity index is 2.56. The molecule has 0 unspecified atom stereocenters. The van der Waals surface area contributed by atoms with Gasteiger partial charge in [0.2, 0.25) is 0 Å². The first-order valence-electron chi connectivity index (χ1n) is 4.47. The summed E-state index contributed by atoms with van der Waals surface area (Å²) in [6.45, 7) is 6.35. The predicted octanol–water partition coefficient (Wildman–Crippen LogP) is 2.67. The van der Waals surface area contributed by atoms with Crippen LogP contribution in [-0.2, 0) is 6.42 Å². The molecule has 0 aliphatic heterocycles. The van der Waals surface area contributed by atoms with E-state index in [1.807, 2.05) is 12.1 Å². The molecule has 0 N–H and O–H groups in total. The standard InChI is InChI=1S/C12H15N/c1-12(2,3)8-4-5-11-6-9-13-10-7-11/h6-7,9-10H,5H2,1-3H3. The zero-order chi connectivity index (χ0) is 9.73. The molecule has 13 heavy (non-hydrogen) atoms. The van der Waals surface area contributed by atoms with Crippen molar-refractivity contribution in [3.8, 4) is 11.8 Å². The first-order valence-corrected chi connectivity index (χ1v) is 4.47. The van der Waals surface area contributed by atoms with Crippen LogP contribution in [0.2, 0.25) is 0 Å². The van der Waals surface area contributed by atoms with Gasteiger partial charge in [-0.05, 0) is 38.5 Å². The van der Waals surface area contributed by atoms with E-state index in [0.29, 0.717) is 0 Å². The van der Waals surface area contributed by atoms with Crippen molar-refractivity contribution in [3.63, 3.8) is 0 Å². The topological polar surface area (TPSA) is 12.9 Å². The summed E-state index contributed by atoms with van der Waals surface area (Å²) in [7, 11) is 0. The van der Waals surface area contributed by atoms with Crippen LogP contribution in [0.5, 0.6) is 0 Å². The highest BCUT2D eigenvalue weighted by Crippen LogP contribution is 2.10. The fourth-order valence-electron chi connectivity index (χ4n) is 0.912. The van der Waals surface area contributed by atoms with E-state index in [4.69, 9.17) is 0 Å². The van der Waals surface area contributed by atoms with E-state index in [2.05, 4.69) is 37.6 Å². The van der Waals surface area contributed by atoms with E-state index >= 15 is 0 Å². The second-order valence-corrected chi connectivity index (χ2v) is 4.08. The number of hydrogen-bond donors (Lipinski definition) is 0. The second-order valence-electron chi connectivity index (χ2n) is 4.08. The Kier molecular flexibility index (Phi) is 3.08. The van der Waals surface area contributed by atoms with Gasteiger partial charge in [0.25, 0.3) is 0 Å². The van der Waals surface area contributed by atoms with Gasteiger partial charge in [0, 0.05) is 24.2 Å². The molecule has 1 heteroatoms. The summed E-state index contributed by atoms with van der Waals surface area (Å²) in [5.41, 5.74) is 1.33. The lowest BCUT2D eigenvalue weighted by Crippen LogP contribution is -1.99. The molecule has 0 aromatic carbocycles. The third kappa shape index (κ3) is 4.32. The van der Waals surface area contributed by atoms with Crippen molar-refractivity contribution in [1.82, 2.24) is 4.98 Å². The third-order valence-electron chi connectivity index (χ3n) is 1.51. The molecule has 0 fully saturated rings. The van der Waals surface area contributed by atoms with Crippen LogP contribution in [0, 0.1) is 17.3 Å². The predicted molar refractivity (Wildman–Crippen MR) is 55.2 cm³/mol. The lowest BCUT2D eigenvalue weighted by Gasteiger charge is -2.06. The Morgan fingerprint density at radius 2 is 1.85 bits per heavy atom. The summed E-state index contributed by atoms with van der Waals surface area (Å²) in [5.74, 6) is 6.36. The fourth-order valence-corrected chi connectivity index (χ4v) is 0.912. The van der Waals surface area contributed by atoms with Crippen molar-refractivity contribution < 1.29 is 0 Å². The van der Waals surface area contributed by atoms with E-state index in [0.717, 1.165) is 6.42 Å². The van der Waals surface area contributed by atoms with Gasteiger partial charge in [-0.1, -0.05) is 11.8 Å². The molecule has 0 saturated heterocycles. The summed E-state index contributed by atoms with van der Waals surface area (Å²) in [4.78, 5) is 3.95. The average molecular weight is 173 g/mol. The van der Waals surface area contributed by atoms with Crippen LogP contribution < -0.4 is 0 Å². The third-order valence-corrected chi connectivity index (χ3v) is 1.51. The number of aromatic nitrogens is 1. The Morgan fingerprint density at radius 1 is 1.23 bits per heavy atom. The van der Waals surface area contributed by atoms with Crippen molar-refractivity contribution in [2.45, 2.75) is 27.2 Å². The van der Waals surface area contributed by atoms with Crippen LogP contribution >= 0.6 is 0 Å². The van der Waals surface area contributed by atoms with Crippen molar-refractivity contribution in [2.75, 3.05) is 0 Å². The quantitative estimate of drug-likeness (QED) is 0.595. The van der Waals surface area contributed by atoms with E-state index in [1.54, 1.807) is 12.4 Å². The zero-order valence-electron chi connectivity index (χ0n) is 8.46. The molecule has 0 aliphatic carbocycles. The van der Waals surface area contributed by atoms with Gasteiger partial charge in [0.05, 0.1) is 0 Å². The maximum Gasteiger partial charge on any atom is 0.0341 e. The molecule has 1 heterocycles. The molecule has 1 aromatic rings. The van der Waals surface area contributed by atoms with Crippen LogP contribution in [0.15, 0.2) is 24.5 Å². The lowest BCUT2D eigenvalue weighted by molar-refractivity contribution is 0.570. The monoisotopic (exact) mass is 173 g/mol. The van der Waals surface area contributed by atoms with E-state index < -0.39 is 0 Å². The molecule has 1 nitrogen and oxygen atoms in total. The van der Waals surface area contributed by atoms with Crippen LogP contribution in [-0.4, -0.2) is 4.98 Å². The number of pyridine rings is 1. The highest BCUT2D eigenvalue weighted by atomic mass is 14.6. The normalized spacial score (nSPS) is 10.4. The van der Waals surface area contributed by atoms with Crippen LogP contribution in [0.25, 0.3) is 0 Å². The Morgan fingerprint density at radius 3 is 2.38 bits per heavy atom. The second kappa shape index (κ2) is 4.09. The molecule has 0 bridgehead atoms. The van der Waals surface area contributed by atoms with Gasteiger partial charge in [-0.15, -0.1) is 0 Å². The smallest absolute Gasteiger partial charge is 0.0341 e. The molecule has 0 spiro atoms. The SMILES string of the molecule is CC(C)(C)C#CCc1ccncc1. The maximum atomic E-state index is 3.95. The van der Waals surface area contributed by atoms with Gasteiger partial charge in [-0.2, -0.15) is 0 Å². The highest BCUT2D eigenvalue weighted by molar-refractivity contribution is 5.19. The number of rotatable bonds is 1. The van der Waals surface area contributed by atoms with Gasteiger partial charge in [0.15, 0.2) is 0 Å². The molecule has 0 saturated carbocycles. The Labute approximate surface area is 80.2 Å². The maximum absolute atomic E-state index is 3.95. The van der Waals surface area contributed by atoms with Gasteiger partial charge >= 0.3 is 0 Å². The van der Waals surface area contributed by atoms with E-state index in [-0.39, 0.29) is 5.41 Å². The van der Waals surface area contributed by atoms with Gasteiger partial charge in [-0.3, -0.25) is 4.98 Å². The minimum absolute atomic E-state index is 0.104. The molecule has 1 rings (SSSR count). The summed E-state index contributed by atoms with van der Waals surface area (Å²) < 4.78 is 0. The van der Waals surface area contributed by atoms with E-state index in [1.165, 1.54) is 5.56 Å². The van der Waals surface area contributed by atoms with Crippen molar-refractivity contribution in [1.29, 1.82) is 0 Å². The fraction of sp³-hybridized carbons (Fsp3) is 0.417. The number of nitrogens with zero attached hydrogens (tertiary/aromatic N) is 1. The zero-order valence-corrected chi connectivity index (χ0v) is 8.46. The lowest BCUT2D eigenvalue weighted by atomic mass is 9.97. The average Bonchev–Trinajstić information content (AvgIpc) is 2.04. The summed E-state index contributed by atoms with van der Waals surface area (Å²) in [6, 6.07) is 3.99. The molecule has 0 amide bonds. The molecule has 0 aliphatic rings. The van der Waals surface area contributed by atoms with Crippen LogP contribution in [0.4, 0.5) is 0 Å². The van der Waals surface area contributed by atoms with Crippen molar-refractivity contribution in [3.05, 3.63) is 30.1 Å². The molecule has 1 aromatic heterocycles. The van der Waals surface area contributed by atoms with Crippen LogP contribution in [0.3, 0.4) is 0 Å². The summed E-state index contributed by atoms with van der Waals surface area (Å²) >= 11 is 0. The molecule has 0 radical (unpaired) electrons. The van der Waals surface area contributed by atoms with Gasteiger partial charge in [0.1, 0.15) is 0 Å². The van der Waals surface area contributed by atoms with Crippen molar-refractivity contribution in [2.24, 2.45) is 5.41 Å². The van der Waals surface area contributed by atoms with Gasteiger partial charge in [-0.25, -0.2) is 0 Å². The first-order chi connectivity index (χ1) is 6.08. The molecular weight excluding hydrogens is 158 g/mol. The largest absolute Gasteiger partial charge is 0.265 e. The van der Waals surface area contributed by atoms with Gasteiger partial charge < -0.3 is 0 Å². The highest BCUT2D eigenvalue weighted by Gasteiger charge is 2.02. The molecular formula is C12H15N. The van der Waals surface area contributed by atoms with E-state index in [9.17, 15) is 0 Å². The minimum atomic E-state index is 0.104. The number of hydrogen-bond acceptors (Lipinski definition) is 1. The summed E-state index contributed by atoms with van der Waals surface area (Å²) in [6.07, 6.45) is 4.42. The summed E-state index contributed by atoms with van der Waals surface area (Å²) in [5, 5.41) is 0.